The third-order valence-corrected chi connectivity index (χ3v) is 6.67. The van der Waals surface area contributed by atoms with Crippen molar-refractivity contribution in [3.05, 3.63) is 16.0 Å². The normalized spacial score (nSPS) is 30.4. The van der Waals surface area contributed by atoms with Gasteiger partial charge < -0.3 is 10.5 Å². The molecule has 2 aliphatic carbocycles. The van der Waals surface area contributed by atoms with Gasteiger partial charge in [-0.05, 0) is 36.7 Å². The van der Waals surface area contributed by atoms with Crippen molar-refractivity contribution < 1.29 is 9.53 Å². The van der Waals surface area contributed by atoms with Gasteiger partial charge in [-0.15, -0.1) is 11.3 Å². The highest BCUT2D eigenvalue weighted by Gasteiger charge is 2.62. The van der Waals surface area contributed by atoms with Gasteiger partial charge >= 0.3 is 5.97 Å². The van der Waals surface area contributed by atoms with Gasteiger partial charge in [-0.1, -0.05) is 20.8 Å². The van der Waals surface area contributed by atoms with Crippen LogP contribution in [0.2, 0.25) is 0 Å². The lowest BCUT2D eigenvalue weighted by Gasteiger charge is -2.35. The highest BCUT2D eigenvalue weighted by molar-refractivity contribution is 7.16. The Hall–Kier alpha value is -1.03. The molecule has 1 fully saturated rings. The zero-order valence-corrected chi connectivity index (χ0v) is 12.8. The molecule has 1 heterocycles. The molecule has 1 saturated carbocycles. The molecule has 3 nitrogen and oxygen atoms in total. The van der Waals surface area contributed by atoms with Gasteiger partial charge in [-0.3, -0.25) is 0 Å². The molecule has 4 heteroatoms. The number of thiophene rings is 1. The number of carbonyl (C=O) groups is 1. The molecule has 1 aromatic heterocycles. The molecule has 0 amide bonds. The minimum absolute atomic E-state index is 0.0587. The maximum absolute atomic E-state index is 12.2. The van der Waals surface area contributed by atoms with Crippen LogP contribution in [0.4, 0.5) is 5.00 Å². The number of nitrogens with two attached hydrogens (primary N) is 1. The maximum atomic E-state index is 12.2. The Labute approximate surface area is 118 Å². The van der Waals surface area contributed by atoms with Gasteiger partial charge in [0, 0.05) is 10.3 Å². The van der Waals surface area contributed by atoms with E-state index in [-0.39, 0.29) is 16.8 Å². The first kappa shape index (κ1) is 13.0. The van der Waals surface area contributed by atoms with Crippen molar-refractivity contribution in [1.82, 2.24) is 0 Å². The van der Waals surface area contributed by atoms with Crippen LogP contribution in [0.15, 0.2) is 0 Å². The van der Waals surface area contributed by atoms with Crippen LogP contribution in [-0.4, -0.2) is 12.6 Å². The van der Waals surface area contributed by atoms with Crippen LogP contribution < -0.4 is 5.73 Å². The summed E-state index contributed by atoms with van der Waals surface area (Å²) in [5.41, 5.74) is 8.21. The van der Waals surface area contributed by atoms with E-state index in [4.69, 9.17) is 10.5 Å². The molecule has 3 rings (SSSR count). The number of anilines is 1. The number of ether oxygens (including phenoxy) is 1. The van der Waals surface area contributed by atoms with Crippen LogP contribution >= 0.6 is 11.3 Å². The Morgan fingerprint density at radius 3 is 2.79 bits per heavy atom. The number of esters is 1. The SMILES string of the molecule is CCOC(=O)c1c(N)sc2c1[C@@]1(C)CC[C@H]2C1(C)C. The van der Waals surface area contributed by atoms with Crippen molar-refractivity contribution >= 4 is 22.3 Å². The lowest BCUT2D eigenvalue weighted by molar-refractivity contribution is 0.0524. The molecule has 1 aromatic rings. The summed E-state index contributed by atoms with van der Waals surface area (Å²) in [4.78, 5) is 13.6. The first-order chi connectivity index (χ1) is 8.84. The highest BCUT2D eigenvalue weighted by atomic mass is 32.1. The number of hydrogen-bond donors (Lipinski definition) is 1. The molecular formula is C15H21NO2S. The fourth-order valence-electron chi connectivity index (χ4n) is 4.07. The molecule has 19 heavy (non-hydrogen) atoms. The second kappa shape index (κ2) is 3.75. The number of carbonyl (C=O) groups excluding carboxylic acids is 1. The van der Waals surface area contributed by atoms with Crippen LogP contribution in [0.1, 0.15) is 67.3 Å². The fourth-order valence-corrected chi connectivity index (χ4v) is 5.58. The van der Waals surface area contributed by atoms with Crippen molar-refractivity contribution in [2.45, 2.75) is 51.9 Å². The predicted octanol–water partition coefficient (Wildman–Crippen LogP) is 3.68. The Bertz CT molecular complexity index is 561. The summed E-state index contributed by atoms with van der Waals surface area (Å²) in [6.45, 7) is 9.16. The highest BCUT2D eigenvalue weighted by Crippen LogP contribution is 2.70. The van der Waals surface area contributed by atoms with Crippen LogP contribution in [0.5, 0.6) is 0 Å². The Morgan fingerprint density at radius 2 is 2.16 bits per heavy atom. The summed E-state index contributed by atoms with van der Waals surface area (Å²) in [5.74, 6) is 0.296. The minimum Gasteiger partial charge on any atom is -0.462 e. The Kier molecular flexibility index (Phi) is 2.56. The van der Waals surface area contributed by atoms with E-state index < -0.39 is 0 Å². The van der Waals surface area contributed by atoms with E-state index in [2.05, 4.69) is 20.8 Å². The number of rotatable bonds is 2. The zero-order chi connectivity index (χ0) is 14.0. The topological polar surface area (TPSA) is 52.3 Å². The molecule has 2 N–H and O–H groups in total. The molecule has 0 aliphatic heterocycles. The minimum atomic E-state index is -0.248. The van der Waals surface area contributed by atoms with Crippen LogP contribution in [-0.2, 0) is 10.2 Å². The van der Waals surface area contributed by atoms with Gasteiger partial charge in [0.15, 0.2) is 0 Å². The van der Waals surface area contributed by atoms with Crippen molar-refractivity contribution in [2.75, 3.05) is 12.3 Å². The van der Waals surface area contributed by atoms with Gasteiger partial charge in [0.1, 0.15) is 5.00 Å². The largest absolute Gasteiger partial charge is 0.462 e. The van der Waals surface area contributed by atoms with E-state index >= 15 is 0 Å². The number of nitrogen functional groups attached to an aromatic ring is 1. The molecule has 2 bridgehead atoms. The van der Waals surface area contributed by atoms with Crippen molar-refractivity contribution in [3.63, 3.8) is 0 Å². The molecule has 0 spiro atoms. The lowest BCUT2D eigenvalue weighted by Crippen LogP contribution is -2.32. The smallest absolute Gasteiger partial charge is 0.341 e. The molecule has 2 aliphatic rings. The van der Waals surface area contributed by atoms with Crippen molar-refractivity contribution in [1.29, 1.82) is 0 Å². The summed E-state index contributed by atoms with van der Waals surface area (Å²) < 4.78 is 5.20. The van der Waals surface area contributed by atoms with Crippen molar-refractivity contribution in [2.24, 2.45) is 5.41 Å². The lowest BCUT2D eigenvalue weighted by atomic mass is 9.68. The maximum Gasteiger partial charge on any atom is 0.341 e. The van der Waals surface area contributed by atoms with Gasteiger partial charge in [0.25, 0.3) is 0 Å². The Morgan fingerprint density at radius 1 is 1.47 bits per heavy atom. The number of fused-ring (bicyclic) bond motifs is 5. The summed E-state index contributed by atoms with van der Waals surface area (Å²) in [6, 6.07) is 0. The predicted molar refractivity (Wildman–Crippen MR) is 77.8 cm³/mol. The average Bonchev–Trinajstić information content (AvgIpc) is 2.82. The van der Waals surface area contributed by atoms with E-state index in [1.165, 1.54) is 16.9 Å². The zero-order valence-electron chi connectivity index (χ0n) is 12.0. The van der Waals surface area contributed by atoms with Crippen LogP contribution in [0, 0.1) is 5.41 Å². The van der Waals surface area contributed by atoms with Gasteiger partial charge in [0.2, 0.25) is 0 Å². The molecule has 2 atom stereocenters. The molecule has 0 saturated heterocycles. The van der Waals surface area contributed by atoms with Gasteiger partial charge in [-0.25, -0.2) is 4.79 Å². The van der Waals surface area contributed by atoms with Crippen LogP contribution in [0.3, 0.4) is 0 Å². The molecule has 0 aromatic carbocycles. The quantitative estimate of drug-likeness (QED) is 0.840. The van der Waals surface area contributed by atoms with E-state index in [0.717, 1.165) is 6.42 Å². The molecular weight excluding hydrogens is 258 g/mol. The number of hydrogen-bond acceptors (Lipinski definition) is 4. The first-order valence-electron chi connectivity index (χ1n) is 6.94. The summed E-state index contributed by atoms with van der Waals surface area (Å²) in [6.07, 6.45) is 2.35. The monoisotopic (exact) mass is 279 g/mol. The third kappa shape index (κ3) is 1.36. The third-order valence-electron chi connectivity index (χ3n) is 5.54. The van der Waals surface area contributed by atoms with E-state index in [9.17, 15) is 4.79 Å². The van der Waals surface area contributed by atoms with E-state index in [0.29, 0.717) is 23.1 Å². The van der Waals surface area contributed by atoms with Crippen molar-refractivity contribution in [3.8, 4) is 0 Å². The average molecular weight is 279 g/mol. The molecule has 0 radical (unpaired) electrons. The summed E-state index contributed by atoms with van der Waals surface area (Å²) in [5, 5.41) is 0.636. The second-order valence-corrected chi connectivity index (χ2v) is 7.53. The second-order valence-electron chi connectivity index (χ2n) is 6.45. The van der Waals surface area contributed by atoms with Gasteiger partial charge in [-0.2, -0.15) is 0 Å². The molecule has 104 valence electrons. The van der Waals surface area contributed by atoms with Gasteiger partial charge in [0.05, 0.1) is 12.2 Å². The van der Waals surface area contributed by atoms with E-state index in [1.54, 1.807) is 11.3 Å². The van der Waals surface area contributed by atoms with E-state index in [1.807, 2.05) is 6.92 Å². The van der Waals surface area contributed by atoms with Crippen LogP contribution in [0.25, 0.3) is 0 Å². The first-order valence-corrected chi connectivity index (χ1v) is 7.76. The fraction of sp³-hybridized carbons (Fsp3) is 0.667. The Balaban J connectivity index is 2.19. The molecule has 0 unspecified atom stereocenters. The standard InChI is InChI=1S/C15H21NO2S/c1-5-18-13(17)9-10-11(19-12(9)16)8-6-7-15(10,4)14(8,2)3/h8H,5-7,16H2,1-4H3/t8-,15-/m1/s1. The summed E-state index contributed by atoms with van der Waals surface area (Å²) in [7, 11) is 0. The summed E-state index contributed by atoms with van der Waals surface area (Å²) >= 11 is 1.60.